The molecule has 0 aliphatic carbocycles. The highest BCUT2D eigenvalue weighted by molar-refractivity contribution is 6.33. The van der Waals surface area contributed by atoms with Crippen LogP contribution in [0.15, 0.2) is 42.5 Å². The van der Waals surface area contributed by atoms with E-state index in [2.05, 4.69) is 5.32 Å². The van der Waals surface area contributed by atoms with E-state index in [4.69, 9.17) is 17.3 Å². The van der Waals surface area contributed by atoms with Gasteiger partial charge in [-0.3, -0.25) is 4.79 Å². The number of hydrogen-bond acceptors (Lipinski definition) is 3. The van der Waals surface area contributed by atoms with Gasteiger partial charge >= 0.3 is 0 Å². The zero-order chi connectivity index (χ0) is 14.7. The third-order valence-electron chi connectivity index (χ3n) is 2.70. The molecular weight excluding hydrogens is 283 g/mol. The lowest BCUT2D eigenvalue weighted by molar-refractivity contribution is -0.118. The number of para-hydroxylation sites is 1. The maximum absolute atomic E-state index is 13.3. The predicted octanol–water partition coefficient (Wildman–Crippen LogP) is 2.82. The second kappa shape index (κ2) is 5.79. The molecule has 0 saturated heterocycles. The summed E-state index contributed by atoms with van der Waals surface area (Å²) in [5.41, 5.74) is 6.02. The van der Waals surface area contributed by atoms with Gasteiger partial charge in [0.15, 0.2) is 0 Å². The lowest BCUT2D eigenvalue weighted by atomic mass is 10.1. The van der Waals surface area contributed by atoms with Crippen molar-refractivity contribution < 1.29 is 14.3 Å². The average Bonchev–Trinajstić information content (AvgIpc) is 2.36. The van der Waals surface area contributed by atoms with Gasteiger partial charge in [0.05, 0.1) is 10.7 Å². The minimum Gasteiger partial charge on any atom is -0.508 e. The fourth-order valence-corrected chi connectivity index (χ4v) is 2.01. The van der Waals surface area contributed by atoms with Gasteiger partial charge in [0.2, 0.25) is 5.91 Å². The van der Waals surface area contributed by atoms with Gasteiger partial charge in [-0.2, -0.15) is 0 Å². The number of primary amides is 1. The highest BCUT2D eigenvalue weighted by Crippen LogP contribution is 2.27. The van der Waals surface area contributed by atoms with Crippen molar-refractivity contribution in [1.82, 2.24) is 0 Å². The number of aromatic hydroxyl groups is 1. The highest BCUT2D eigenvalue weighted by Gasteiger charge is 2.20. The van der Waals surface area contributed by atoms with Crippen LogP contribution in [0.3, 0.4) is 0 Å². The Morgan fingerprint density at radius 3 is 2.60 bits per heavy atom. The van der Waals surface area contributed by atoms with Gasteiger partial charge in [0, 0.05) is 6.07 Å². The van der Waals surface area contributed by atoms with Crippen LogP contribution in [0.1, 0.15) is 11.6 Å². The molecule has 2 aromatic carbocycles. The molecule has 1 unspecified atom stereocenters. The lowest BCUT2D eigenvalue weighted by Crippen LogP contribution is -2.27. The molecule has 0 bridgehead atoms. The summed E-state index contributed by atoms with van der Waals surface area (Å²) in [7, 11) is 0. The molecular formula is C14H12ClFN2O2. The Hall–Kier alpha value is -2.27. The Kier molecular flexibility index (Phi) is 4.10. The maximum atomic E-state index is 13.3. The number of benzene rings is 2. The molecule has 0 heterocycles. The summed E-state index contributed by atoms with van der Waals surface area (Å²) >= 11 is 5.98. The molecule has 104 valence electrons. The second-order valence-electron chi connectivity index (χ2n) is 4.20. The van der Waals surface area contributed by atoms with Crippen LogP contribution < -0.4 is 11.1 Å². The molecule has 4 nitrogen and oxygen atoms in total. The van der Waals surface area contributed by atoms with Crippen LogP contribution in [-0.2, 0) is 4.79 Å². The van der Waals surface area contributed by atoms with Gasteiger partial charge < -0.3 is 16.2 Å². The summed E-state index contributed by atoms with van der Waals surface area (Å²) in [6.07, 6.45) is 0. The number of carbonyl (C=O) groups excluding carboxylic acids is 1. The first-order chi connectivity index (χ1) is 9.47. The van der Waals surface area contributed by atoms with Crippen LogP contribution >= 0.6 is 11.6 Å². The number of hydrogen-bond donors (Lipinski definition) is 3. The fourth-order valence-electron chi connectivity index (χ4n) is 1.82. The van der Waals surface area contributed by atoms with E-state index in [9.17, 15) is 14.3 Å². The maximum Gasteiger partial charge on any atom is 0.244 e. The first-order valence-corrected chi connectivity index (χ1v) is 6.15. The summed E-state index contributed by atoms with van der Waals surface area (Å²) in [5, 5.41) is 12.6. The Labute approximate surface area is 120 Å². The molecule has 1 amide bonds. The molecule has 0 aliphatic rings. The number of anilines is 1. The van der Waals surface area contributed by atoms with E-state index in [0.29, 0.717) is 10.7 Å². The van der Waals surface area contributed by atoms with E-state index >= 15 is 0 Å². The van der Waals surface area contributed by atoms with Crippen LogP contribution in [0.2, 0.25) is 5.02 Å². The Bertz CT molecular complexity index is 629. The third kappa shape index (κ3) is 3.19. The lowest BCUT2D eigenvalue weighted by Gasteiger charge is -2.18. The number of carbonyl (C=O) groups is 1. The summed E-state index contributed by atoms with van der Waals surface area (Å²) in [4.78, 5) is 11.6. The minimum atomic E-state index is -1.00. The van der Waals surface area contributed by atoms with E-state index < -0.39 is 17.8 Å². The van der Waals surface area contributed by atoms with Crippen molar-refractivity contribution in [1.29, 1.82) is 0 Å². The van der Waals surface area contributed by atoms with Gasteiger partial charge in [-0.15, -0.1) is 0 Å². The first-order valence-electron chi connectivity index (χ1n) is 5.77. The number of amides is 1. The number of halogens is 2. The van der Waals surface area contributed by atoms with Gasteiger partial charge in [-0.1, -0.05) is 23.7 Å². The largest absolute Gasteiger partial charge is 0.508 e. The van der Waals surface area contributed by atoms with E-state index in [1.807, 2.05) is 0 Å². The Morgan fingerprint density at radius 1 is 1.30 bits per heavy atom. The zero-order valence-corrected chi connectivity index (χ0v) is 11.1. The Morgan fingerprint density at radius 2 is 2.00 bits per heavy atom. The number of rotatable bonds is 4. The molecule has 6 heteroatoms. The standard InChI is InChI=1S/C14H12ClFN2O2/c15-11-3-1-2-4-12(11)18-13(14(17)20)8-5-9(16)7-10(19)6-8/h1-7,13,18-19H,(H2,17,20). The number of nitrogens with one attached hydrogen (secondary N) is 1. The second-order valence-corrected chi connectivity index (χ2v) is 4.61. The summed E-state index contributed by atoms with van der Waals surface area (Å²) in [6, 6.07) is 9.10. The SMILES string of the molecule is NC(=O)C(Nc1ccccc1Cl)c1cc(O)cc(F)c1. The predicted molar refractivity (Wildman–Crippen MR) is 75.1 cm³/mol. The molecule has 2 aromatic rings. The molecule has 0 aromatic heterocycles. The zero-order valence-electron chi connectivity index (χ0n) is 10.3. The molecule has 20 heavy (non-hydrogen) atoms. The minimum absolute atomic E-state index is 0.218. The summed E-state index contributed by atoms with van der Waals surface area (Å²) in [6.45, 7) is 0. The van der Waals surface area contributed by atoms with E-state index in [1.54, 1.807) is 24.3 Å². The normalized spacial score (nSPS) is 11.9. The summed E-state index contributed by atoms with van der Waals surface area (Å²) < 4.78 is 13.3. The van der Waals surface area contributed by atoms with Crippen molar-refractivity contribution >= 4 is 23.2 Å². The van der Waals surface area contributed by atoms with Crippen LogP contribution in [0.4, 0.5) is 10.1 Å². The van der Waals surface area contributed by atoms with Crippen molar-refractivity contribution in [2.75, 3.05) is 5.32 Å². The summed E-state index contributed by atoms with van der Waals surface area (Å²) in [5.74, 6) is -1.66. The van der Waals surface area contributed by atoms with Crippen molar-refractivity contribution in [2.24, 2.45) is 5.73 Å². The van der Waals surface area contributed by atoms with Gasteiger partial charge in [-0.25, -0.2) is 4.39 Å². The van der Waals surface area contributed by atoms with Crippen molar-refractivity contribution in [3.8, 4) is 5.75 Å². The quantitative estimate of drug-likeness (QED) is 0.811. The highest BCUT2D eigenvalue weighted by atomic mass is 35.5. The van der Waals surface area contributed by atoms with Crippen LogP contribution in [0.5, 0.6) is 5.75 Å². The average molecular weight is 295 g/mol. The van der Waals surface area contributed by atoms with E-state index in [-0.39, 0.29) is 11.3 Å². The number of nitrogens with two attached hydrogens (primary N) is 1. The van der Waals surface area contributed by atoms with Crippen molar-refractivity contribution in [3.63, 3.8) is 0 Å². The molecule has 0 saturated carbocycles. The van der Waals surface area contributed by atoms with Gasteiger partial charge in [0.25, 0.3) is 0 Å². The van der Waals surface area contributed by atoms with Crippen molar-refractivity contribution in [2.45, 2.75) is 6.04 Å². The first kappa shape index (κ1) is 14.1. The monoisotopic (exact) mass is 294 g/mol. The number of phenols is 1. The molecule has 0 radical (unpaired) electrons. The molecule has 2 rings (SSSR count). The van der Waals surface area contributed by atoms with Gasteiger partial charge in [0.1, 0.15) is 17.6 Å². The molecule has 1 atom stereocenters. The topological polar surface area (TPSA) is 75.4 Å². The van der Waals surface area contributed by atoms with Crippen LogP contribution in [-0.4, -0.2) is 11.0 Å². The smallest absolute Gasteiger partial charge is 0.244 e. The molecule has 0 aliphatic heterocycles. The molecule has 0 fully saturated rings. The Balaban J connectivity index is 2.37. The van der Waals surface area contributed by atoms with E-state index in [1.165, 1.54) is 6.07 Å². The molecule has 4 N–H and O–H groups in total. The van der Waals surface area contributed by atoms with E-state index in [0.717, 1.165) is 12.1 Å². The fraction of sp³-hybridized carbons (Fsp3) is 0.0714. The van der Waals surface area contributed by atoms with Gasteiger partial charge in [-0.05, 0) is 29.8 Å². The number of phenolic OH excluding ortho intramolecular Hbond substituents is 1. The van der Waals surface area contributed by atoms with Crippen molar-refractivity contribution in [3.05, 3.63) is 58.9 Å². The van der Waals surface area contributed by atoms with Crippen LogP contribution in [0, 0.1) is 5.82 Å². The molecule has 0 spiro atoms. The van der Waals surface area contributed by atoms with Crippen LogP contribution in [0.25, 0.3) is 0 Å². The third-order valence-corrected chi connectivity index (χ3v) is 3.03.